The molecule has 1 fully saturated rings. The molecular weight excluding hydrogens is 372 g/mol. The van der Waals surface area contributed by atoms with E-state index in [1.165, 1.54) is 5.56 Å². The third-order valence-electron chi connectivity index (χ3n) is 6.08. The zero-order valence-electron chi connectivity index (χ0n) is 19.3. The summed E-state index contributed by atoms with van der Waals surface area (Å²) in [6, 6.07) is 8.36. The highest BCUT2D eigenvalue weighted by Crippen LogP contribution is 2.40. The highest BCUT2D eigenvalue weighted by Gasteiger charge is 2.30. The summed E-state index contributed by atoms with van der Waals surface area (Å²) in [4.78, 5) is 19.2. The quantitative estimate of drug-likeness (QED) is 0.708. The molecule has 4 nitrogen and oxygen atoms in total. The van der Waals surface area contributed by atoms with E-state index in [4.69, 9.17) is 0 Å². The van der Waals surface area contributed by atoms with Crippen LogP contribution in [0.2, 0.25) is 0 Å². The fraction of sp³-hybridized carbons (Fsp3) is 0.538. The van der Waals surface area contributed by atoms with E-state index in [-0.39, 0.29) is 22.8 Å². The Morgan fingerprint density at radius 2 is 1.63 bits per heavy atom. The van der Waals surface area contributed by atoms with Crippen LogP contribution in [0.4, 0.5) is 0 Å². The molecule has 1 atom stereocenters. The number of hydrogen-bond donors (Lipinski definition) is 1. The van der Waals surface area contributed by atoms with Gasteiger partial charge in [-0.15, -0.1) is 0 Å². The number of aromatic nitrogens is 1. The molecule has 0 saturated carbocycles. The molecule has 4 heteroatoms. The topological polar surface area (TPSA) is 53.4 Å². The first-order chi connectivity index (χ1) is 14.0. The summed E-state index contributed by atoms with van der Waals surface area (Å²) < 4.78 is 0. The van der Waals surface area contributed by atoms with Crippen LogP contribution in [0, 0.1) is 0 Å². The van der Waals surface area contributed by atoms with Crippen LogP contribution >= 0.6 is 0 Å². The van der Waals surface area contributed by atoms with Crippen LogP contribution in [0.1, 0.15) is 89.1 Å². The number of benzene rings is 1. The van der Waals surface area contributed by atoms with Gasteiger partial charge in [0.2, 0.25) is 5.91 Å². The van der Waals surface area contributed by atoms with Crippen LogP contribution in [-0.2, 0) is 22.0 Å². The lowest BCUT2D eigenvalue weighted by molar-refractivity contribution is -0.132. The molecule has 0 radical (unpaired) electrons. The molecule has 0 spiro atoms. The summed E-state index contributed by atoms with van der Waals surface area (Å²) >= 11 is 0. The van der Waals surface area contributed by atoms with Gasteiger partial charge in [0, 0.05) is 25.4 Å². The number of hydrogen-bond acceptors (Lipinski definition) is 3. The maximum Gasteiger partial charge on any atom is 0.223 e. The number of carbonyl (C=O) groups is 1. The molecule has 0 bridgehead atoms. The largest absolute Gasteiger partial charge is 0.507 e. The van der Waals surface area contributed by atoms with Gasteiger partial charge in [0.15, 0.2) is 0 Å². The summed E-state index contributed by atoms with van der Waals surface area (Å²) in [6.45, 7) is 13.5. The molecule has 30 heavy (non-hydrogen) atoms. The third kappa shape index (κ3) is 4.85. The number of amides is 1. The smallest absolute Gasteiger partial charge is 0.223 e. The molecule has 1 amide bonds. The maximum absolute atomic E-state index is 13.1. The van der Waals surface area contributed by atoms with E-state index in [2.05, 4.69) is 58.7 Å². The molecule has 2 aromatic rings. The first-order valence-corrected chi connectivity index (χ1v) is 11.0. The van der Waals surface area contributed by atoms with Gasteiger partial charge >= 0.3 is 0 Å². The first kappa shape index (κ1) is 22.3. The minimum Gasteiger partial charge on any atom is -0.507 e. The van der Waals surface area contributed by atoms with Gasteiger partial charge < -0.3 is 10.0 Å². The summed E-state index contributed by atoms with van der Waals surface area (Å²) in [7, 11) is 0. The van der Waals surface area contributed by atoms with Crippen molar-refractivity contribution in [1.29, 1.82) is 0 Å². The van der Waals surface area contributed by atoms with Crippen LogP contribution in [0.15, 0.2) is 36.7 Å². The molecule has 0 unspecified atom stereocenters. The van der Waals surface area contributed by atoms with Crippen molar-refractivity contribution < 1.29 is 9.90 Å². The molecule has 1 aromatic heterocycles. The zero-order valence-corrected chi connectivity index (χ0v) is 19.3. The first-order valence-electron chi connectivity index (χ1n) is 11.0. The minimum absolute atomic E-state index is 0.161. The molecule has 0 aliphatic carbocycles. The molecule has 3 rings (SSSR count). The minimum atomic E-state index is -0.161. The van der Waals surface area contributed by atoms with Crippen LogP contribution < -0.4 is 0 Å². The number of likely N-dealkylation sites (tertiary alicyclic amines) is 1. The van der Waals surface area contributed by atoms with E-state index in [1.807, 2.05) is 17.0 Å². The van der Waals surface area contributed by atoms with E-state index in [0.717, 1.165) is 36.1 Å². The standard InChI is InChI=1S/C26H36N2O2/c1-25(2,3)20-16-18(17-21(24(20)30)26(4,5)6)9-10-23(29)28-15-7-8-22(28)19-11-13-27-14-12-19/h11-14,16-17,22,30H,7-10,15H2,1-6H3/t22-/m1/s1. The third-order valence-corrected chi connectivity index (χ3v) is 6.08. The predicted octanol–water partition coefficient (Wildman–Crippen LogP) is 5.68. The van der Waals surface area contributed by atoms with E-state index in [0.29, 0.717) is 18.6 Å². The van der Waals surface area contributed by atoms with Crippen molar-refractivity contribution in [3.05, 3.63) is 58.9 Å². The number of rotatable bonds is 4. The monoisotopic (exact) mass is 408 g/mol. The van der Waals surface area contributed by atoms with Crippen molar-refractivity contribution in [2.24, 2.45) is 0 Å². The van der Waals surface area contributed by atoms with Gasteiger partial charge in [-0.2, -0.15) is 0 Å². The van der Waals surface area contributed by atoms with E-state index >= 15 is 0 Å². The number of pyridine rings is 1. The number of phenolic OH excluding ortho intramolecular Hbond substituents is 1. The van der Waals surface area contributed by atoms with Gasteiger partial charge in [0.1, 0.15) is 5.75 Å². The molecule has 162 valence electrons. The summed E-state index contributed by atoms with van der Waals surface area (Å²) in [5.74, 6) is 0.597. The van der Waals surface area contributed by atoms with Gasteiger partial charge in [0.05, 0.1) is 6.04 Å². The van der Waals surface area contributed by atoms with Gasteiger partial charge in [-0.25, -0.2) is 0 Å². The van der Waals surface area contributed by atoms with Crippen molar-refractivity contribution in [3.63, 3.8) is 0 Å². The number of nitrogens with zero attached hydrogens (tertiary/aromatic N) is 2. The molecular formula is C26H36N2O2. The summed E-state index contributed by atoms with van der Waals surface area (Å²) in [5.41, 5.74) is 3.87. The SMILES string of the molecule is CC(C)(C)c1cc(CCC(=O)N2CCC[C@@H]2c2ccncc2)cc(C(C)(C)C)c1O. The van der Waals surface area contributed by atoms with Gasteiger partial charge in [-0.1, -0.05) is 53.7 Å². The lowest BCUT2D eigenvalue weighted by Gasteiger charge is -2.28. The lowest BCUT2D eigenvalue weighted by Crippen LogP contribution is -2.30. The average Bonchev–Trinajstić information content (AvgIpc) is 3.15. The highest BCUT2D eigenvalue weighted by molar-refractivity contribution is 5.77. The number of phenols is 1. The van der Waals surface area contributed by atoms with Crippen LogP contribution in [0.5, 0.6) is 5.75 Å². The number of carbonyl (C=O) groups excluding carboxylic acids is 1. The van der Waals surface area contributed by atoms with Crippen molar-refractivity contribution in [2.45, 2.75) is 84.1 Å². The fourth-order valence-electron chi connectivity index (χ4n) is 4.37. The van der Waals surface area contributed by atoms with E-state index in [1.54, 1.807) is 12.4 Å². The fourth-order valence-corrected chi connectivity index (χ4v) is 4.37. The molecule has 1 aromatic carbocycles. The van der Waals surface area contributed by atoms with Crippen molar-refractivity contribution in [3.8, 4) is 5.75 Å². The van der Waals surface area contributed by atoms with Crippen LogP contribution in [0.25, 0.3) is 0 Å². The zero-order chi connectivity index (χ0) is 22.1. The van der Waals surface area contributed by atoms with Crippen molar-refractivity contribution in [2.75, 3.05) is 6.54 Å². The van der Waals surface area contributed by atoms with E-state index < -0.39 is 0 Å². The molecule has 1 saturated heterocycles. The molecule has 1 N–H and O–H groups in total. The highest BCUT2D eigenvalue weighted by atomic mass is 16.3. The average molecular weight is 409 g/mol. The Labute approximate surface area is 181 Å². The molecule has 2 heterocycles. The predicted molar refractivity (Wildman–Crippen MR) is 122 cm³/mol. The Morgan fingerprint density at radius 3 is 2.17 bits per heavy atom. The Kier molecular flexibility index (Phi) is 6.26. The van der Waals surface area contributed by atoms with Gasteiger partial charge in [-0.05, 0) is 64.5 Å². The maximum atomic E-state index is 13.1. The van der Waals surface area contributed by atoms with Gasteiger partial charge in [-0.3, -0.25) is 9.78 Å². The number of aromatic hydroxyl groups is 1. The summed E-state index contributed by atoms with van der Waals surface area (Å²) in [6.07, 6.45) is 6.82. The van der Waals surface area contributed by atoms with Crippen molar-refractivity contribution >= 4 is 5.91 Å². The summed E-state index contributed by atoms with van der Waals surface area (Å²) in [5, 5.41) is 10.9. The lowest BCUT2D eigenvalue weighted by atomic mass is 9.78. The normalized spacial score (nSPS) is 17.4. The van der Waals surface area contributed by atoms with Crippen LogP contribution in [-0.4, -0.2) is 27.4 Å². The van der Waals surface area contributed by atoms with Crippen LogP contribution in [0.3, 0.4) is 0 Å². The molecule has 1 aliphatic heterocycles. The Hall–Kier alpha value is -2.36. The second-order valence-corrected chi connectivity index (χ2v) is 10.6. The second-order valence-electron chi connectivity index (χ2n) is 10.6. The number of aryl methyl sites for hydroxylation is 1. The van der Waals surface area contributed by atoms with Gasteiger partial charge in [0.25, 0.3) is 0 Å². The Bertz CT molecular complexity index is 856. The Morgan fingerprint density at radius 1 is 1.07 bits per heavy atom. The Balaban J connectivity index is 1.80. The second kappa shape index (κ2) is 8.41. The van der Waals surface area contributed by atoms with E-state index in [9.17, 15) is 9.90 Å². The molecule has 1 aliphatic rings. The van der Waals surface area contributed by atoms with Crippen molar-refractivity contribution in [1.82, 2.24) is 9.88 Å².